The van der Waals surface area contributed by atoms with Crippen LogP contribution < -0.4 is 0 Å². The van der Waals surface area contributed by atoms with Gasteiger partial charge in [-0.3, -0.25) is 9.59 Å². The van der Waals surface area contributed by atoms with Crippen molar-refractivity contribution < 1.29 is 14.7 Å². The highest BCUT2D eigenvalue weighted by atomic mass is 16.4. The van der Waals surface area contributed by atoms with Crippen molar-refractivity contribution in [1.82, 2.24) is 0 Å². The first-order valence-electron chi connectivity index (χ1n) is 4.77. The number of hydrogen-bond acceptors (Lipinski definition) is 2. The van der Waals surface area contributed by atoms with Crippen LogP contribution in [0.4, 0.5) is 0 Å². The molecule has 1 aliphatic rings. The number of carboxylic acids is 1. The maximum absolute atomic E-state index is 10.8. The lowest BCUT2D eigenvalue weighted by Crippen LogP contribution is -2.13. The molecule has 1 aliphatic carbocycles. The highest BCUT2D eigenvalue weighted by molar-refractivity contribution is 5.79. The minimum Gasteiger partial charge on any atom is -0.481 e. The van der Waals surface area contributed by atoms with E-state index in [1.807, 2.05) is 0 Å². The van der Waals surface area contributed by atoms with Gasteiger partial charge in [-0.1, -0.05) is 13.3 Å². The molecule has 76 valence electrons. The summed E-state index contributed by atoms with van der Waals surface area (Å²) in [5.74, 6) is 0.361. The van der Waals surface area contributed by atoms with Crippen LogP contribution in [0.2, 0.25) is 0 Å². The lowest BCUT2D eigenvalue weighted by atomic mass is 9.87. The van der Waals surface area contributed by atoms with Crippen LogP contribution in [0.5, 0.6) is 0 Å². The smallest absolute Gasteiger partial charge is 0.300 e. The van der Waals surface area contributed by atoms with Crippen LogP contribution in [0.25, 0.3) is 0 Å². The van der Waals surface area contributed by atoms with Gasteiger partial charge in [-0.05, 0) is 18.8 Å². The van der Waals surface area contributed by atoms with Gasteiger partial charge in [0.25, 0.3) is 5.97 Å². The SMILES string of the molecule is CC(=O)O.CCC1CCCC(=O)C1. The van der Waals surface area contributed by atoms with Crippen LogP contribution in [-0.2, 0) is 9.59 Å². The summed E-state index contributed by atoms with van der Waals surface area (Å²) in [5, 5.41) is 7.42. The number of rotatable bonds is 1. The zero-order valence-electron chi connectivity index (χ0n) is 8.38. The van der Waals surface area contributed by atoms with Gasteiger partial charge in [-0.25, -0.2) is 0 Å². The molecule has 1 fully saturated rings. The van der Waals surface area contributed by atoms with E-state index in [4.69, 9.17) is 9.90 Å². The Morgan fingerprint density at radius 3 is 2.46 bits per heavy atom. The molecule has 0 aromatic heterocycles. The number of carbonyl (C=O) groups is 2. The van der Waals surface area contributed by atoms with Crippen LogP contribution in [-0.4, -0.2) is 16.9 Å². The molecule has 3 nitrogen and oxygen atoms in total. The molecule has 0 spiro atoms. The van der Waals surface area contributed by atoms with E-state index in [0.29, 0.717) is 11.7 Å². The molecule has 0 aliphatic heterocycles. The van der Waals surface area contributed by atoms with Crippen molar-refractivity contribution in [2.45, 2.75) is 46.0 Å². The third-order valence-electron chi connectivity index (χ3n) is 2.16. The highest BCUT2D eigenvalue weighted by Gasteiger charge is 2.16. The molecule has 0 aromatic rings. The maximum Gasteiger partial charge on any atom is 0.300 e. The van der Waals surface area contributed by atoms with Gasteiger partial charge in [0, 0.05) is 19.8 Å². The third kappa shape index (κ3) is 7.50. The Morgan fingerprint density at radius 1 is 1.62 bits per heavy atom. The van der Waals surface area contributed by atoms with E-state index >= 15 is 0 Å². The Kier molecular flexibility index (Phi) is 6.20. The largest absolute Gasteiger partial charge is 0.481 e. The van der Waals surface area contributed by atoms with Gasteiger partial charge in [-0.15, -0.1) is 0 Å². The number of Topliss-reactive ketones (excluding diaryl/α,β-unsaturated/α-hetero) is 1. The predicted molar refractivity (Wildman–Crippen MR) is 50.6 cm³/mol. The minimum absolute atomic E-state index is 0.480. The first kappa shape index (κ1) is 12.1. The third-order valence-corrected chi connectivity index (χ3v) is 2.16. The molecular formula is C10H18O3. The van der Waals surface area contributed by atoms with Crippen molar-refractivity contribution in [3.63, 3.8) is 0 Å². The van der Waals surface area contributed by atoms with E-state index in [0.717, 1.165) is 26.2 Å². The number of hydrogen-bond donors (Lipinski definition) is 1. The van der Waals surface area contributed by atoms with Crippen LogP contribution in [0.3, 0.4) is 0 Å². The fourth-order valence-electron chi connectivity index (χ4n) is 1.46. The van der Waals surface area contributed by atoms with Crippen molar-refractivity contribution in [3.05, 3.63) is 0 Å². The first-order valence-corrected chi connectivity index (χ1v) is 4.77. The van der Waals surface area contributed by atoms with Gasteiger partial charge in [0.2, 0.25) is 0 Å². The van der Waals surface area contributed by atoms with Gasteiger partial charge in [0.15, 0.2) is 0 Å². The maximum atomic E-state index is 10.8. The average molecular weight is 186 g/mol. The molecule has 1 N–H and O–H groups in total. The Hall–Kier alpha value is -0.860. The second-order valence-electron chi connectivity index (χ2n) is 3.43. The van der Waals surface area contributed by atoms with Crippen LogP contribution in [0.15, 0.2) is 0 Å². The number of carbonyl (C=O) groups excluding carboxylic acids is 1. The summed E-state index contributed by atoms with van der Waals surface area (Å²) in [7, 11) is 0. The molecular weight excluding hydrogens is 168 g/mol. The molecule has 0 heterocycles. The van der Waals surface area contributed by atoms with E-state index in [-0.39, 0.29) is 0 Å². The standard InChI is InChI=1S/C8H14O.C2H4O2/c1-2-7-4-3-5-8(9)6-7;1-2(3)4/h7H,2-6H2,1H3;1H3,(H,3,4). The molecule has 0 saturated heterocycles. The van der Waals surface area contributed by atoms with Crippen LogP contribution in [0.1, 0.15) is 46.0 Å². The minimum atomic E-state index is -0.833. The van der Waals surface area contributed by atoms with Crippen molar-refractivity contribution in [2.24, 2.45) is 5.92 Å². The first-order chi connectivity index (χ1) is 6.06. The van der Waals surface area contributed by atoms with Crippen molar-refractivity contribution in [1.29, 1.82) is 0 Å². The van der Waals surface area contributed by atoms with Crippen LogP contribution >= 0.6 is 0 Å². The molecule has 1 atom stereocenters. The summed E-state index contributed by atoms with van der Waals surface area (Å²) in [6.07, 6.45) is 5.30. The summed E-state index contributed by atoms with van der Waals surface area (Å²) >= 11 is 0. The van der Waals surface area contributed by atoms with E-state index in [9.17, 15) is 4.79 Å². The zero-order chi connectivity index (χ0) is 10.3. The van der Waals surface area contributed by atoms with E-state index in [2.05, 4.69) is 6.92 Å². The Bertz CT molecular complexity index is 171. The number of ketones is 1. The topological polar surface area (TPSA) is 54.4 Å². The van der Waals surface area contributed by atoms with Gasteiger partial charge in [0.05, 0.1) is 0 Å². The van der Waals surface area contributed by atoms with Gasteiger partial charge < -0.3 is 5.11 Å². The lowest BCUT2D eigenvalue weighted by molar-refractivity contribution is -0.134. The molecule has 0 amide bonds. The fourth-order valence-corrected chi connectivity index (χ4v) is 1.46. The Labute approximate surface area is 79.1 Å². The normalized spacial score (nSPS) is 21.7. The summed E-state index contributed by atoms with van der Waals surface area (Å²) in [4.78, 5) is 19.8. The Morgan fingerprint density at radius 2 is 2.15 bits per heavy atom. The Balaban J connectivity index is 0.000000310. The number of aliphatic carboxylic acids is 1. The summed E-state index contributed by atoms with van der Waals surface area (Å²) < 4.78 is 0. The van der Waals surface area contributed by atoms with Gasteiger partial charge in [0.1, 0.15) is 5.78 Å². The van der Waals surface area contributed by atoms with E-state index in [1.54, 1.807) is 0 Å². The van der Waals surface area contributed by atoms with E-state index < -0.39 is 5.97 Å². The summed E-state index contributed by atoms with van der Waals surface area (Å²) in [6, 6.07) is 0. The molecule has 13 heavy (non-hydrogen) atoms. The molecule has 0 aromatic carbocycles. The summed E-state index contributed by atoms with van der Waals surface area (Å²) in [5.41, 5.74) is 0. The number of carboxylic acid groups (broad SMARTS) is 1. The molecule has 1 unspecified atom stereocenters. The summed E-state index contributed by atoms with van der Waals surface area (Å²) in [6.45, 7) is 3.25. The molecule has 3 heteroatoms. The fraction of sp³-hybridized carbons (Fsp3) is 0.800. The predicted octanol–water partition coefficient (Wildman–Crippen LogP) is 2.25. The van der Waals surface area contributed by atoms with Crippen molar-refractivity contribution in [2.75, 3.05) is 0 Å². The van der Waals surface area contributed by atoms with Crippen molar-refractivity contribution in [3.8, 4) is 0 Å². The second-order valence-corrected chi connectivity index (χ2v) is 3.43. The molecule has 0 bridgehead atoms. The highest BCUT2D eigenvalue weighted by Crippen LogP contribution is 2.23. The van der Waals surface area contributed by atoms with E-state index in [1.165, 1.54) is 12.8 Å². The van der Waals surface area contributed by atoms with Crippen LogP contribution in [0, 0.1) is 5.92 Å². The second kappa shape index (κ2) is 6.63. The quantitative estimate of drug-likeness (QED) is 0.683. The average Bonchev–Trinajstić information content (AvgIpc) is 2.03. The van der Waals surface area contributed by atoms with Gasteiger partial charge in [-0.2, -0.15) is 0 Å². The van der Waals surface area contributed by atoms with Gasteiger partial charge >= 0.3 is 0 Å². The molecule has 1 saturated carbocycles. The van der Waals surface area contributed by atoms with Crippen molar-refractivity contribution >= 4 is 11.8 Å². The molecule has 1 rings (SSSR count). The monoisotopic (exact) mass is 186 g/mol. The lowest BCUT2D eigenvalue weighted by Gasteiger charge is -2.18. The molecule has 0 radical (unpaired) electrons. The zero-order valence-corrected chi connectivity index (χ0v) is 8.38.